The van der Waals surface area contributed by atoms with E-state index in [0.717, 1.165) is 11.6 Å². The molecule has 1 aliphatic carbocycles. The van der Waals surface area contributed by atoms with E-state index in [2.05, 4.69) is 51.0 Å². The van der Waals surface area contributed by atoms with Crippen LogP contribution in [0.1, 0.15) is 61.7 Å². The molecule has 1 heterocycles. The Morgan fingerprint density at radius 2 is 1.94 bits per heavy atom. The zero-order chi connectivity index (χ0) is 13.3. The number of pyridine rings is 1. The Hall–Kier alpha value is -0.890. The summed E-state index contributed by atoms with van der Waals surface area (Å²) in [6.07, 6.45) is 4.19. The van der Waals surface area contributed by atoms with Crippen molar-refractivity contribution < 1.29 is 0 Å². The Labute approximate surface area is 111 Å². The zero-order valence-corrected chi connectivity index (χ0v) is 12.4. The first-order valence-electron chi connectivity index (χ1n) is 7.18. The second kappa shape index (κ2) is 5.40. The van der Waals surface area contributed by atoms with Gasteiger partial charge in [-0.1, -0.05) is 12.8 Å². The number of aryl methyl sites for hydroxylation is 3. The molecule has 1 saturated carbocycles. The molecule has 0 aromatic carbocycles. The smallest absolute Gasteiger partial charge is 0.0426 e. The molecule has 2 rings (SSSR count). The van der Waals surface area contributed by atoms with E-state index in [9.17, 15) is 0 Å². The largest absolute Gasteiger partial charge is 0.308 e. The second-order valence-electron chi connectivity index (χ2n) is 6.05. The number of hydrogen-bond acceptors (Lipinski definition) is 2. The molecule has 1 aromatic heterocycles. The van der Waals surface area contributed by atoms with Crippen LogP contribution in [0.4, 0.5) is 0 Å². The van der Waals surface area contributed by atoms with Gasteiger partial charge >= 0.3 is 0 Å². The fourth-order valence-corrected chi connectivity index (χ4v) is 3.12. The molecule has 18 heavy (non-hydrogen) atoms. The molecule has 1 aliphatic rings. The highest BCUT2D eigenvalue weighted by molar-refractivity contribution is 5.33. The summed E-state index contributed by atoms with van der Waals surface area (Å²) < 4.78 is 0. The van der Waals surface area contributed by atoms with Gasteiger partial charge in [0.2, 0.25) is 0 Å². The minimum Gasteiger partial charge on any atom is -0.308 e. The highest BCUT2D eigenvalue weighted by atomic mass is 14.9. The lowest BCUT2D eigenvalue weighted by molar-refractivity contribution is 0.436. The van der Waals surface area contributed by atoms with Crippen LogP contribution >= 0.6 is 0 Å². The lowest BCUT2D eigenvalue weighted by Gasteiger charge is -2.23. The molecule has 0 aliphatic heterocycles. The van der Waals surface area contributed by atoms with Gasteiger partial charge in [-0.2, -0.15) is 0 Å². The van der Waals surface area contributed by atoms with Crippen LogP contribution in [-0.2, 0) is 0 Å². The molecule has 2 heteroatoms. The van der Waals surface area contributed by atoms with Crippen LogP contribution in [0, 0.1) is 26.7 Å². The zero-order valence-electron chi connectivity index (χ0n) is 12.4. The summed E-state index contributed by atoms with van der Waals surface area (Å²) in [5.41, 5.74) is 5.03. The van der Waals surface area contributed by atoms with Gasteiger partial charge in [-0.15, -0.1) is 0 Å². The van der Waals surface area contributed by atoms with Gasteiger partial charge in [-0.05, 0) is 64.2 Å². The van der Waals surface area contributed by atoms with Crippen molar-refractivity contribution in [2.45, 2.75) is 66.0 Å². The number of nitrogens with zero attached hydrogens (tertiary/aromatic N) is 1. The molecule has 2 unspecified atom stereocenters. The van der Waals surface area contributed by atoms with Crippen LogP contribution in [0.25, 0.3) is 0 Å². The molecule has 100 valence electrons. The summed E-state index contributed by atoms with van der Waals surface area (Å²) in [6.45, 7) is 11.0. The van der Waals surface area contributed by atoms with Crippen molar-refractivity contribution in [1.82, 2.24) is 10.3 Å². The maximum absolute atomic E-state index is 4.60. The van der Waals surface area contributed by atoms with Crippen molar-refractivity contribution in [3.8, 4) is 0 Å². The first-order chi connectivity index (χ1) is 8.47. The molecule has 2 nitrogen and oxygen atoms in total. The molecule has 0 radical (unpaired) electrons. The molecule has 0 saturated heterocycles. The van der Waals surface area contributed by atoms with Crippen molar-refractivity contribution >= 4 is 0 Å². The highest BCUT2D eigenvalue weighted by Crippen LogP contribution is 2.34. The average molecular weight is 246 g/mol. The van der Waals surface area contributed by atoms with E-state index in [-0.39, 0.29) is 0 Å². The van der Waals surface area contributed by atoms with Gasteiger partial charge < -0.3 is 5.32 Å². The number of rotatable bonds is 5. The SMILES string of the molecule is Cc1cc(C)c(C(C)NC(C)CC2CC2)c(C)n1. The van der Waals surface area contributed by atoms with Crippen LogP contribution in [-0.4, -0.2) is 11.0 Å². The van der Waals surface area contributed by atoms with E-state index in [4.69, 9.17) is 0 Å². The third-order valence-electron chi connectivity index (χ3n) is 3.94. The van der Waals surface area contributed by atoms with Gasteiger partial charge in [0.1, 0.15) is 0 Å². The van der Waals surface area contributed by atoms with Crippen molar-refractivity contribution in [2.24, 2.45) is 5.92 Å². The van der Waals surface area contributed by atoms with Crippen LogP contribution in [0.5, 0.6) is 0 Å². The molecule has 1 fully saturated rings. The summed E-state index contributed by atoms with van der Waals surface area (Å²) in [5, 5.41) is 3.73. The van der Waals surface area contributed by atoms with Crippen molar-refractivity contribution in [3.05, 3.63) is 28.6 Å². The lowest BCUT2D eigenvalue weighted by Crippen LogP contribution is -2.30. The normalized spacial score (nSPS) is 18.7. The van der Waals surface area contributed by atoms with Gasteiger partial charge in [-0.3, -0.25) is 4.98 Å². The topological polar surface area (TPSA) is 24.9 Å². The monoisotopic (exact) mass is 246 g/mol. The lowest BCUT2D eigenvalue weighted by atomic mass is 9.99. The Morgan fingerprint density at radius 3 is 2.50 bits per heavy atom. The summed E-state index contributed by atoms with van der Waals surface area (Å²) in [5.74, 6) is 0.984. The van der Waals surface area contributed by atoms with E-state index in [1.807, 2.05) is 0 Å². The summed E-state index contributed by atoms with van der Waals surface area (Å²) >= 11 is 0. The summed E-state index contributed by atoms with van der Waals surface area (Å²) in [6, 6.07) is 3.19. The third kappa shape index (κ3) is 3.32. The second-order valence-corrected chi connectivity index (χ2v) is 6.05. The summed E-state index contributed by atoms with van der Waals surface area (Å²) in [7, 11) is 0. The predicted molar refractivity (Wildman–Crippen MR) is 76.8 cm³/mol. The number of hydrogen-bond donors (Lipinski definition) is 1. The predicted octanol–water partition coefficient (Wildman–Crippen LogP) is 3.85. The van der Waals surface area contributed by atoms with Crippen LogP contribution in [0.15, 0.2) is 6.07 Å². The molecule has 1 aromatic rings. The molecule has 2 atom stereocenters. The number of aromatic nitrogens is 1. The minimum atomic E-state index is 0.395. The van der Waals surface area contributed by atoms with Gasteiger partial charge in [-0.25, -0.2) is 0 Å². The molecule has 0 amide bonds. The molecular formula is C16H26N2. The van der Waals surface area contributed by atoms with Gasteiger partial charge in [0, 0.05) is 23.5 Å². The first kappa shape index (κ1) is 13.5. The van der Waals surface area contributed by atoms with E-state index in [0.29, 0.717) is 12.1 Å². The maximum Gasteiger partial charge on any atom is 0.0426 e. The molecule has 0 bridgehead atoms. The van der Waals surface area contributed by atoms with Crippen LogP contribution in [0.2, 0.25) is 0 Å². The Kier molecular flexibility index (Phi) is 4.06. The van der Waals surface area contributed by atoms with Gasteiger partial charge in [0.15, 0.2) is 0 Å². The maximum atomic E-state index is 4.60. The Balaban J connectivity index is 2.05. The van der Waals surface area contributed by atoms with Gasteiger partial charge in [0.25, 0.3) is 0 Å². The quantitative estimate of drug-likeness (QED) is 0.853. The standard InChI is InChI=1S/C16H26N2/c1-10-8-11(2)17-13(4)16(10)14(5)18-12(3)9-15-6-7-15/h8,12,14-15,18H,6-7,9H2,1-5H3. The van der Waals surface area contributed by atoms with Crippen molar-refractivity contribution in [1.29, 1.82) is 0 Å². The Bertz CT molecular complexity index is 398. The van der Waals surface area contributed by atoms with Crippen molar-refractivity contribution in [2.75, 3.05) is 0 Å². The van der Waals surface area contributed by atoms with E-state index < -0.39 is 0 Å². The van der Waals surface area contributed by atoms with Gasteiger partial charge in [0.05, 0.1) is 0 Å². The first-order valence-corrected chi connectivity index (χ1v) is 7.18. The van der Waals surface area contributed by atoms with Crippen LogP contribution < -0.4 is 5.32 Å². The number of nitrogens with one attached hydrogen (secondary N) is 1. The molecule has 1 N–H and O–H groups in total. The van der Waals surface area contributed by atoms with Crippen LogP contribution in [0.3, 0.4) is 0 Å². The Morgan fingerprint density at radius 1 is 1.28 bits per heavy atom. The highest BCUT2D eigenvalue weighted by Gasteiger charge is 2.24. The average Bonchev–Trinajstić information content (AvgIpc) is 2.98. The molecule has 0 spiro atoms. The fourth-order valence-electron chi connectivity index (χ4n) is 3.12. The van der Waals surface area contributed by atoms with E-state index in [1.54, 1.807) is 0 Å². The van der Waals surface area contributed by atoms with Crippen molar-refractivity contribution in [3.63, 3.8) is 0 Å². The summed E-state index contributed by atoms with van der Waals surface area (Å²) in [4.78, 5) is 4.60. The third-order valence-corrected chi connectivity index (χ3v) is 3.94. The van der Waals surface area contributed by atoms with E-state index >= 15 is 0 Å². The molecular weight excluding hydrogens is 220 g/mol. The van der Waals surface area contributed by atoms with E-state index in [1.165, 1.54) is 36.1 Å². The fraction of sp³-hybridized carbons (Fsp3) is 0.688. The minimum absolute atomic E-state index is 0.395.